The first kappa shape index (κ1) is 13.8. The van der Waals surface area contributed by atoms with Crippen LogP contribution in [-0.2, 0) is 0 Å². The molecule has 0 aliphatic heterocycles. The SMILES string of the molecule is C(#Cc1ncccc1C=Nc1ccccc1)c1ccccc1. The van der Waals surface area contributed by atoms with Crippen LogP contribution < -0.4 is 0 Å². The van der Waals surface area contributed by atoms with Gasteiger partial charge in [0.2, 0.25) is 0 Å². The monoisotopic (exact) mass is 282 g/mol. The Kier molecular flexibility index (Phi) is 4.39. The quantitative estimate of drug-likeness (QED) is 0.510. The van der Waals surface area contributed by atoms with Crippen LogP contribution in [0.15, 0.2) is 84.0 Å². The van der Waals surface area contributed by atoms with E-state index in [9.17, 15) is 0 Å². The van der Waals surface area contributed by atoms with Crippen LogP contribution in [0.1, 0.15) is 16.8 Å². The first-order valence-corrected chi connectivity index (χ1v) is 7.03. The number of pyridine rings is 1. The lowest BCUT2D eigenvalue weighted by Gasteiger charge is -1.97. The maximum Gasteiger partial charge on any atom is 0.122 e. The second-order valence-electron chi connectivity index (χ2n) is 4.65. The molecular weight excluding hydrogens is 268 g/mol. The van der Waals surface area contributed by atoms with E-state index in [1.165, 1.54) is 0 Å². The van der Waals surface area contributed by atoms with Gasteiger partial charge in [-0.15, -0.1) is 0 Å². The Balaban J connectivity index is 1.88. The Morgan fingerprint density at radius 1 is 0.773 bits per heavy atom. The van der Waals surface area contributed by atoms with Crippen molar-refractivity contribution in [2.45, 2.75) is 0 Å². The van der Waals surface area contributed by atoms with Crippen LogP contribution in [0.2, 0.25) is 0 Å². The molecule has 0 radical (unpaired) electrons. The standard InChI is InChI=1S/C20H14N2/c1-3-8-17(9-4-1)13-14-20-18(10-7-15-21-20)16-22-19-11-5-2-6-12-19/h1-12,15-16H. The molecule has 3 rings (SSSR count). The molecule has 0 fully saturated rings. The molecule has 2 nitrogen and oxygen atoms in total. The molecule has 0 spiro atoms. The predicted molar refractivity (Wildman–Crippen MR) is 90.4 cm³/mol. The molecule has 0 aliphatic carbocycles. The average molecular weight is 282 g/mol. The zero-order chi connectivity index (χ0) is 15.0. The first-order valence-electron chi connectivity index (χ1n) is 7.03. The summed E-state index contributed by atoms with van der Waals surface area (Å²) in [5.41, 5.74) is 3.52. The van der Waals surface area contributed by atoms with Crippen LogP contribution >= 0.6 is 0 Å². The minimum Gasteiger partial charge on any atom is -0.256 e. The lowest BCUT2D eigenvalue weighted by Crippen LogP contribution is -1.91. The molecule has 1 aromatic heterocycles. The van der Waals surface area contributed by atoms with Crippen LogP contribution in [0.3, 0.4) is 0 Å². The highest BCUT2D eigenvalue weighted by Crippen LogP contribution is 2.10. The van der Waals surface area contributed by atoms with Crippen molar-refractivity contribution in [1.82, 2.24) is 4.98 Å². The highest BCUT2D eigenvalue weighted by molar-refractivity contribution is 5.84. The molecule has 0 saturated heterocycles. The van der Waals surface area contributed by atoms with Gasteiger partial charge in [-0.2, -0.15) is 0 Å². The lowest BCUT2D eigenvalue weighted by atomic mass is 10.2. The molecule has 1 heterocycles. The van der Waals surface area contributed by atoms with E-state index in [1.807, 2.05) is 72.8 Å². The minimum absolute atomic E-state index is 0.728. The second kappa shape index (κ2) is 7.01. The van der Waals surface area contributed by atoms with Gasteiger partial charge in [-0.05, 0) is 42.3 Å². The summed E-state index contributed by atoms with van der Waals surface area (Å²) in [4.78, 5) is 8.80. The Morgan fingerprint density at radius 2 is 1.50 bits per heavy atom. The summed E-state index contributed by atoms with van der Waals surface area (Å²) in [6.45, 7) is 0. The normalized spacial score (nSPS) is 10.2. The second-order valence-corrected chi connectivity index (χ2v) is 4.65. The van der Waals surface area contributed by atoms with E-state index in [-0.39, 0.29) is 0 Å². The minimum atomic E-state index is 0.728. The third-order valence-electron chi connectivity index (χ3n) is 3.05. The maximum absolute atomic E-state index is 4.46. The molecule has 104 valence electrons. The highest BCUT2D eigenvalue weighted by Gasteiger charge is 1.97. The van der Waals surface area contributed by atoms with Crippen LogP contribution in [0.25, 0.3) is 0 Å². The van der Waals surface area contributed by atoms with E-state index in [1.54, 1.807) is 12.4 Å². The molecule has 0 saturated carbocycles. The molecule has 0 N–H and O–H groups in total. The van der Waals surface area contributed by atoms with Gasteiger partial charge in [0.25, 0.3) is 0 Å². The molecule has 2 heteroatoms. The van der Waals surface area contributed by atoms with E-state index < -0.39 is 0 Å². The van der Waals surface area contributed by atoms with Crippen molar-refractivity contribution in [3.8, 4) is 11.8 Å². The molecule has 22 heavy (non-hydrogen) atoms. The Morgan fingerprint density at radius 3 is 2.27 bits per heavy atom. The van der Waals surface area contributed by atoms with E-state index in [0.717, 1.165) is 22.5 Å². The van der Waals surface area contributed by atoms with Crippen LogP contribution in [0.5, 0.6) is 0 Å². The summed E-state index contributed by atoms with van der Waals surface area (Å²) in [5, 5.41) is 0. The van der Waals surface area contributed by atoms with Crippen molar-refractivity contribution in [2.24, 2.45) is 4.99 Å². The van der Waals surface area contributed by atoms with Gasteiger partial charge in [0.15, 0.2) is 0 Å². The van der Waals surface area contributed by atoms with Crippen molar-refractivity contribution in [3.05, 3.63) is 95.8 Å². The summed E-state index contributed by atoms with van der Waals surface area (Å²) in [7, 11) is 0. The fraction of sp³-hybridized carbons (Fsp3) is 0. The van der Waals surface area contributed by atoms with Crippen molar-refractivity contribution in [3.63, 3.8) is 0 Å². The number of aromatic nitrogens is 1. The number of para-hydroxylation sites is 1. The third kappa shape index (κ3) is 3.68. The molecule has 3 aromatic rings. The van der Waals surface area contributed by atoms with Gasteiger partial charge in [0.1, 0.15) is 5.69 Å². The number of nitrogens with zero attached hydrogens (tertiary/aromatic N) is 2. The van der Waals surface area contributed by atoms with Gasteiger partial charge < -0.3 is 0 Å². The van der Waals surface area contributed by atoms with Gasteiger partial charge in [-0.3, -0.25) is 4.99 Å². The summed E-state index contributed by atoms with van der Waals surface area (Å²) >= 11 is 0. The third-order valence-corrected chi connectivity index (χ3v) is 3.05. The van der Waals surface area contributed by atoms with E-state index in [2.05, 4.69) is 21.8 Å². The van der Waals surface area contributed by atoms with Crippen LogP contribution in [0.4, 0.5) is 5.69 Å². The molecule has 0 unspecified atom stereocenters. The molecule has 0 bridgehead atoms. The van der Waals surface area contributed by atoms with E-state index >= 15 is 0 Å². The summed E-state index contributed by atoms with van der Waals surface area (Å²) in [6.07, 6.45) is 3.55. The Bertz CT molecular complexity index is 826. The van der Waals surface area contributed by atoms with Gasteiger partial charge >= 0.3 is 0 Å². The van der Waals surface area contributed by atoms with E-state index in [4.69, 9.17) is 0 Å². The summed E-state index contributed by atoms with van der Waals surface area (Å²) in [6, 6.07) is 23.6. The maximum atomic E-state index is 4.46. The zero-order valence-electron chi connectivity index (χ0n) is 12.0. The fourth-order valence-electron chi connectivity index (χ4n) is 1.94. The van der Waals surface area contributed by atoms with E-state index in [0.29, 0.717) is 0 Å². The summed E-state index contributed by atoms with van der Waals surface area (Å²) < 4.78 is 0. The van der Waals surface area contributed by atoms with Crippen LogP contribution in [-0.4, -0.2) is 11.2 Å². The molecule has 0 amide bonds. The Labute approximate surface area is 130 Å². The number of hydrogen-bond donors (Lipinski definition) is 0. The van der Waals surface area contributed by atoms with Gasteiger partial charge in [0.05, 0.1) is 5.69 Å². The van der Waals surface area contributed by atoms with Crippen LogP contribution in [0, 0.1) is 11.8 Å². The Hall–Kier alpha value is -3.18. The molecule has 2 aromatic carbocycles. The van der Waals surface area contributed by atoms with Crippen molar-refractivity contribution in [1.29, 1.82) is 0 Å². The van der Waals surface area contributed by atoms with Gasteiger partial charge in [-0.1, -0.05) is 42.3 Å². The van der Waals surface area contributed by atoms with Crippen molar-refractivity contribution in [2.75, 3.05) is 0 Å². The molecule has 0 aliphatic rings. The van der Waals surface area contributed by atoms with Crippen molar-refractivity contribution >= 4 is 11.9 Å². The lowest BCUT2D eigenvalue weighted by molar-refractivity contribution is 1.28. The van der Waals surface area contributed by atoms with Gasteiger partial charge in [-0.25, -0.2) is 4.98 Å². The first-order chi connectivity index (χ1) is 10.9. The number of aliphatic imine (C=N–C) groups is 1. The zero-order valence-corrected chi connectivity index (χ0v) is 12.0. The fourth-order valence-corrected chi connectivity index (χ4v) is 1.94. The highest BCUT2D eigenvalue weighted by atomic mass is 14.7. The number of hydrogen-bond acceptors (Lipinski definition) is 2. The van der Waals surface area contributed by atoms with Crippen molar-refractivity contribution < 1.29 is 0 Å². The molecular formula is C20H14N2. The largest absolute Gasteiger partial charge is 0.256 e. The average Bonchev–Trinajstić information content (AvgIpc) is 2.61. The smallest absolute Gasteiger partial charge is 0.122 e. The topological polar surface area (TPSA) is 25.2 Å². The van der Waals surface area contributed by atoms with Gasteiger partial charge in [0, 0.05) is 23.5 Å². The summed E-state index contributed by atoms with van der Waals surface area (Å²) in [5.74, 6) is 6.24. The molecule has 0 atom stereocenters. The number of benzene rings is 2. The number of rotatable bonds is 2. The predicted octanol–water partition coefficient (Wildman–Crippen LogP) is 4.23.